The summed E-state index contributed by atoms with van der Waals surface area (Å²) in [5.41, 5.74) is 7.40. The molecule has 0 amide bonds. The van der Waals surface area contributed by atoms with Gasteiger partial charge in [-0.2, -0.15) is 0 Å². The Labute approximate surface area is 121 Å². The first kappa shape index (κ1) is 16.6. The van der Waals surface area contributed by atoms with Crippen LogP contribution in [0.2, 0.25) is 0 Å². The summed E-state index contributed by atoms with van der Waals surface area (Å²) in [6.07, 6.45) is 0. The zero-order valence-corrected chi connectivity index (χ0v) is 12.6. The number of rotatable bonds is 9. The molecule has 1 aromatic carbocycles. The van der Waals surface area contributed by atoms with Gasteiger partial charge in [0.15, 0.2) is 0 Å². The van der Waals surface area contributed by atoms with Crippen molar-refractivity contribution >= 4 is 5.84 Å². The van der Waals surface area contributed by atoms with E-state index in [1.165, 1.54) is 5.56 Å². The van der Waals surface area contributed by atoms with Gasteiger partial charge in [-0.1, -0.05) is 24.3 Å². The van der Waals surface area contributed by atoms with Gasteiger partial charge in [0.05, 0.1) is 13.2 Å². The molecule has 0 spiro atoms. The number of ether oxygens (including phenoxy) is 2. The minimum Gasteiger partial charge on any atom is -0.384 e. The van der Waals surface area contributed by atoms with Gasteiger partial charge in [-0.25, -0.2) is 0 Å². The maximum absolute atomic E-state index is 7.40. The van der Waals surface area contributed by atoms with Gasteiger partial charge in [0.25, 0.3) is 0 Å². The molecule has 0 aliphatic carbocycles. The molecule has 0 saturated heterocycles. The lowest BCUT2D eigenvalue weighted by Gasteiger charge is -2.28. The molecule has 20 heavy (non-hydrogen) atoms. The van der Waals surface area contributed by atoms with E-state index in [2.05, 4.69) is 11.8 Å². The first-order valence-corrected chi connectivity index (χ1v) is 6.73. The molecule has 0 aliphatic heterocycles. The topological polar surface area (TPSA) is 71.6 Å². The molecule has 0 fully saturated rings. The molecule has 0 radical (unpaired) electrons. The number of nitrogens with one attached hydrogen (secondary N) is 1. The molecule has 0 aliphatic rings. The molecule has 3 N–H and O–H groups in total. The SMILES string of the molecule is COCCN(Cc1ccc(C(=N)N)cc1)C(C)COC. The van der Waals surface area contributed by atoms with Gasteiger partial charge in [0.2, 0.25) is 0 Å². The van der Waals surface area contributed by atoms with Crippen molar-refractivity contribution < 1.29 is 9.47 Å². The van der Waals surface area contributed by atoms with Crippen LogP contribution in [0.25, 0.3) is 0 Å². The van der Waals surface area contributed by atoms with Crippen LogP contribution >= 0.6 is 0 Å². The van der Waals surface area contributed by atoms with E-state index in [4.69, 9.17) is 20.6 Å². The number of amidine groups is 1. The maximum atomic E-state index is 7.40. The summed E-state index contributed by atoms with van der Waals surface area (Å²) in [5.74, 6) is 0.0977. The highest BCUT2D eigenvalue weighted by molar-refractivity contribution is 5.94. The lowest BCUT2D eigenvalue weighted by atomic mass is 10.1. The third-order valence-corrected chi connectivity index (χ3v) is 3.26. The van der Waals surface area contributed by atoms with Crippen molar-refractivity contribution in [2.75, 3.05) is 34.0 Å². The lowest BCUT2D eigenvalue weighted by molar-refractivity contribution is 0.0705. The van der Waals surface area contributed by atoms with E-state index in [0.29, 0.717) is 19.3 Å². The van der Waals surface area contributed by atoms with E-state index < -0.39 is 0 Å². The summed E-state index contributed by atoms with van der Waals surface area (Å²) in [5, 5.41) is 7.40. The highest BCUT2D eigenvalue weighted by Gasteiger charge is 2.14. The molecular weight excluding hydrogens is 254 g/mol. The van der Waals surface area contributed by atoms with Gasteiger partial charge in [-0.3, -0.25) is 10.3 Å². The number of methoxy groups -OCH3 is 2. The average molecular weight is 279 g/mol. The summed E-state index contributed by atoms with van der Waals surface area (Å²) in [6.45, 7) is 5.21. The predicted octanol–water partition coefficient (Wildman–Crippen LogP) is 1.45. The highest BCUT2D eigenvalue weighted by atomic mass is 16.5. The van der Waals surface area contributed by atoms with Crippen molar-refractivity contribution in [2.45, 2.75) is 19.5 Å². The Balaban J connectivity index is 2.69. The number of benzene rings is 1. The third kappa shape index (κ3) is 5.28. The molecule has 1 aromatic rings. The summed E-state index contributed by atoms with van der Waals surface area (Å²) in [4.78, 5) is 2.32. The second-order valence-electron chi connectivity index (χ2n) is 4.88. The Morgan fingerprint density at radius 3 is 2.40 bits per heavy atom. The van der Waals surface area contributed by atoms with Crippen LogP contribution in [0, 0.1) is 5.41 Å². The molecule has 1 atom stereocenters. The van der Waals surface area contributed by atoms with Crippen LogP contribution in [0.5, 0.6) is 0 Å². The summed E-state index contributed by atoms with van der Waals surface area (Å²) in [6, 6.07) is 8.11. The smallest absolute Gasteiger partial charge is 0.122 e. The lowest BCUT2D eigenvalue weighted by Crippen LogP contribution is -2.38. The van der Waals surface area contributed by atoms with Crippen molar-refractivity contribution in [1.29, 1.82) is 5.41 Å². The molecule has 0 bridgehead atoms. The molecule has 1 unspecified atom stereocenters. The van der Waals surface area contributed by atoms with Crippen molar-refractivity contribution in [3.63, 3.8) is 0 Å². The minimum atomic E-state index is 0.0977. The molecule has 1 rings (SSSR count). The number of nitrogens with zero attached hydrogens (tertiary/aromatic N) is 1. The predicted molar refractivity (Wildman–Crippen MR) is 81.1 cm³/mol. The summed E-state index contributed by atoms with van der Waals surface area (Å²) < 4.78 is 10.4. The van der Waals surface area contributed by atoms with Gasteiger partial charge >= 0.3 is 0 Å². The maximum Gasteiger partial charge on any atom is 0.122 e. The Kier molecular flexibility index (Phi) is 7.22. The number of hydrogen-bond donors (Lipinski definition) is 2. The van der Waals surface area contributed by atoms with Gasteiger partial charge in [-0.05, 0) is 12.5 Å². The van der Waals surface area contributed by atoms with Crippen molar-refractivity contribution in [2.24, 2.45) is 5.73 Å². The van der Waals surface area contributed by atoms with Crippen LogP contribution in [-0.4, -0.2) is 50.8 Å². The van der Waals surface area contributed by atoms with Crippen LogP contribution < -0.4 is 5.73 Å². The van der Waals surface area contributed by atoms with Crippen LogP contribution in [0.4, 0.5) is 0 Å². The Morgan fingerprint density at radius 2 is 1.90 bits per heavy atom. The standard InChI is InChI=1S/C15H25N3O2/c1-12(11-20-3)18(8-9-19-2)10-13-4-6-14(7-5-13)15(16)17/h4-7,12H,8-11H2,1-3H3,(H3,16,17). The Morgan fingerprint density at radius 1 is 1.25 bits per heavy atom. The van der Waals surface area contributed by atoms with Crippen LogP contribution in [-0.2, 0) is 16.0 Å². The molecule has 112 valence electrons. The van der Waals surface area contributed by atoms with Crippen LogP contribution in [0.1, 0.15) is 18.1 Å². The van der Waals surface area contributed by atoms with Gasteiger partial charge in [-0.15, -0.1) is 0 Å². The molecule has 0 saturated carbocycles. The fourth-order valence-electron chi connectivity index (χ4n) is 2.03. The molecular formula is C15H25N3O2. The Bertz CT molecular complexity index is 406. The third-order valence-electron chi connectivity index (χ3n) is 3.26. The normalized spacial score (nSPS) is 12.6. The first-order chi connectivity index (χ1) is 9.58. The zero-order valence-electron chi connectivity index (χ0n) is 12.6. The van der Waals surface area contributed by atoms with E-state index in [9.17, 15) is 0 Å². The minimum absolute atomic E-state index is 0.0977. The largest absolute Gasteiger partial charge is 0.384 e. The fraction of sp³-hybridized carbons (Fsp3) is 0.533. The molecule has 0 aromatic heterocycles. The van der Waals surface area contributed by atoms with E-state index >= 15 is 0 Å². The van der Waals surface area contributed by atoms with Gasteiger partial charge in [0.1, 0.15) is 5.84 Å². The van der Waals surface area contributed by atoms with Crippen LogP contribution in [0.15, 0.2) is 24.3 Å². The molecule has 5 heteroatoms. The second-order valence-corrected chi connectivity index (χ2v) is 4.88. The van der Waals surface area contributed by atoms with Gasteiger partial charge in [0, 0.05) is 38.9 Å². The van der Waals surface area contributed by atoms with E-state index in [-0.39, 0.29) is 5.84 Å². The number of nitrogens with two attached hydrogens (primary N) is 1. The average Bonchev–Trinajstić information content (AvgIpc) is 2.44. The zero-order chi connectivity index (χ0) is 15.0. The van der Waals surface area contributed by atoms with E-state index in [1.54, 1.807) is 14.2 Å². The summed E-state index contributed by atoms with van der Waals surface area (Å²) in [7, 11) is 3.42. The first-order valence-electron chi connectivity index (χ1n) is 6.73. The number of hydrogen-bond acceptors (Lipinski definition) is 4. The second kappa shape index (κ2) is 8.68. The summed E-state index contributed by atoms with van der Waals surface area (Å²) >= 11 is 0. The van der Waals surface area contributed by atoms with Crippen molar-refractivity contribution in [3.05, 3.63) is 35.4 Å². The van der Waals surface area contributed by atoms with Crippen molar-refractivity contribution in [3.8, 4) is 0 Å². The number of nitrogen functional groups attached to an aromatic ring is 1. The molecule has 0 heterocycles. The van der Waals surface area contributed by atoms with Crippen LogP contribution in [0.3, 0.4) is 0 Å². The van der Waals surface area contributed by atoms with E-state index in [0.717, 1.165) is 18.7 Å². The highest BCUT2D eigenvalue weighted by Crippen LogP contribution is 2.10. The monoisotopic (exact) mass is 279 g/mol. The molecule has 5 nitrogen and oxygen atoms in total. The van der Waals surface area contributed by atoms with Gasteiger partial charge < -0.3 is 15.2 Å². The van der Waals surface area contributed by atoms with Crippen molar-refractivity contribution in [1.82, 2.24) is 4.90 Å². The fourth-order valence-corrected chi connectivity index (χ4v) is 2.03. The Hall–Kier alpha value is -1.43. The quantitative estimate of drug-likeness (QED) is 0.530. The van der Waals surface area contributed by atoms with E-state index in [1.807, 2.05) is 24.3 Å².